The second-order valence-electron chi connectivity index (χ2n) is 10.3. The van der Waals surface area contributed by atoms with E-state index in [-0.39, 0.29) is 21.7 Å². The van der Waals surface area contributed by atoms with Crippen molar-refractivity contribution in [3.05, 3.63) is 77.4 Å². The summed E-state index contributed by atoms with van der Waals surface area (Å²) in [7, 11) is -0.00861. The van der Waals surface area contributed by atoms with Gasteiger partial charge in [0.2, 0.25) is 11.8 Å². The average Bonchev–Trinajstić information content (AvgIpc) is 3.02. The van der Waals surface area contributed by atoms with Gasteiger partial charge in [-0.3, -0.25) is 19.7 Å². The molecule has 0 aliphatic carbocycles. The van der Waals surface area contributed by atoms with Crippen molar-refractivity contribution >= 4 is 45.1 Å². The SMILES string of the molecule is COC(=O)Nc1ccc(S(=O)(=O)C(C)C)c([C@@H](CC(=O)O)NC(=O)[C@H](Nc2cccc(C(N)=O)c2)c2ccc(OC)c(OC)c2)c1. The topological polar surface area (TPSA) is 212 Å². The molecular formula is C31H36N4O10S. The molecule has 0 heterocycles. The van der Waals surface area contributed by atoms with Crippen LogP contribution in [-0.2, 0) is 24.2 Å². The van der Waals surface area contributed by atoms with Gasteiger partial charge in [-0.15, -0.1) is 0 Å². The Balaban J connectivity index is 2.18. The molecule has 0 saturated heterocycles. The number of anilines is 2. The highest BCUT2D eigenvalue weighted by atomic mass is 32.2. The Morgan fingerprint density at radius 1 is 0.891 bits per heavy atom. The molecule has 3 aromatic rings. The molecule has 2 atom stereocenters. The summed E-state index contributed by atoms with van der Waals surface area (Å²) in [6.45, 7) is 2.92. The summed E-state index contributed by atoms with van der Waals surface area (Å²) in [4.78, 5) is 49.7. The van der Waals surface area contributed by atoms with Gasteiger partial charge in [0, 0.05) is 16.9 Å². The van der Waals surface area contributed by atoms with E-state index >= 15 is 0 Å². The van der Waals surface area contributed by atoms with Crippen LogP contribution in [0.3, 0.4) is 0 Å². The predicted molar refractivity (Wildman–Crippen MR) is 169 cm³/mol. The zero-order chi connectivity index (χ0) is 34.2. The molecule has 3 amide bonds. The third-order valence-electron chi connectivity index (χ3n) is 6.90. The number of nitrogens with two attached hydrogens (primary N) is 1. The molecule has 46 heavy (non-hydrogen) atoms. The van der Waals surface area contributed by atoms with Crippen LogP contribution in [0.1, 0.15) is 53.8 Å². The average molecular weight is 657 g/mol. The second kappa shape index (κ2) is 15.1. The fourth-order valence-corrected chi connectivity index (χ4v) is 5.81. The lowest BCUT2D eigenvalue weighted by molar-refractivity contribution is -0.137. The van der Waals surface area contributed by atoms with Gasteiger partial charge in [0.25, 0.3) is 0 Å². The smallest absolute Gasteiger partial charge is 0.411 e. The molecular weight excluding hydrogens is 620 g/mol. The zero-order valence-electron chi connectivity index (χ0n) is 25.8. The molecule has 0 bridgehead atoms. The van der Waals surface area contributed by atoms with Crippen LogP contribution in [0.4, 0.5) is 16.2 Å². The minimum atomic E-state index is -4.00. The maximum absolute atomic E-state index is 14.1. The van der Waals surface area contributed by atoms with Crippen molar-refractivity contribution in [2.45, 2.75) is 42.5 Å². The number of carboxylic acids is 1. The fraction of sp³-hybridized carbons (Fsp3) is 0.290. The van der Waals surface area contributed by atoms with Crippen molar-refractivity contribution in [1.29, 1.82) is 0 Å². The highest BCUT2D eigenvalue weighted by Gasteiger charge is 2.32. The summed E-state index contributed by atoms with van der Waals surface area (Å²) >= 11 is 0. The number of amides is 3. The minimum Gasteiger partial charge on any atom is -0.493 e. The van der Waals surface area contributed by atoms with Crippen LogP contribution in [0.5, 0.6) is 11.5 Å². The molecule has 0 spiro atoms. The van der Waals surface area contributed by atoms with Crippen LogP contribution >= 0.6 is 0 Å². The molecule has 0 radical (unpaired) electrons. The number of carbonyl (C=O) groups is 4. The number of nitrogens with one attached hydrogen (secondary N) is 3. The zero-order valence-corrected chi connectivity index (χ0v) is 26.6. The van der Waals surface area contributed by atoms with Crippen LogP contribution in [0.25, 0.3) is 0 Å². The molecule has 0 unspecified atom stereocenters. The first kappa shape index (κ1) is 35.2. The van der Waals surface area contributed by atoms with E-state index in [1.807, 2.05) is 0 Å². The number of ether oxygens (including phenoxy) is 3. The van der Waals surface area contributed by atoms with E-state index in [0.29, 0.717) is 22.7 Å². The van der Waals surface area contributed by atoms with Crippen molar-refractivity contribution in [3.8, 4) is 11.5 Å². The van der Waals surface area contributed by atoms with Gasteiger partial charge >= 0.3 is 12.1 Å². The number of hydrogen-bond donors (Lipinski definition) is 5. The quantitative estimate of drug-likeness (QED) is 0.169. The number of carboxylic acid groups (broad SMARTS) is 1. The lowest BCUT2D eigenvalue weighted by Gasteiger charge is -2.26. The van der Waals surface area contributed by atoms with Gasteiger partial charge < -0.3 is 35.7 Å². The molecule has 0 aromatic heterocycles. The number of aliphatic carboxylic acids is 1. The highest BCUT2D eigenvalue weighted by Crippen LogP contribution is 2.34. The Bertz CT molecular complexity index is 1730. The summed E-state index contributed by atoms with van der Waals surface area (Å²) in [6.07, 6.45) is -1.57. The van der Waals surface area contributed by atoms with Crippen molar-refractivity contribution in [2.24, 2.45) is 5.73 Å². The first-order valence-electron chi connectivity index (χ1n) is 13.8. The number of sulfone groups is 1. The summed E-state index contributed by atoms with van der Waals surface area (Å²) in [5, 5.41) is 17.1. The summed E-state index contributed by atoms with van der Waals surface area (Å²) in [5.74, 6) is -2.13. The van der Waals surface area contributed by atoms with Crippen molar-refractivity contribution in [3.63, 3.8) is 0 Å². The van der Waals surface area contributed by atoms with Gasteiger partial charge in [0.15, 0.2) is 21.3 Å². The van der Waals surface area contributed by atoms with Gasteiger partial charge in [0.1, 0.15) is 6.04 Å². The number of benzene rings is 3. The third-order valence-corrected chi connectivity index (χ3v) is 9.13. The number of methoxy groups -OCH3 is 3. The normalized spacial score (nSPS) is 12.4. The Morgan fingerprint density at radius 2 is 1.59 bits per heavy atom. The van der Waals surface area contributed by atoms with E-state index in [9.17, 15) is 32.7 Å². The van der Waals surface area contributed by atoms with Crippen molar-refractivity contribution in [1.82, 2.24) is 5.32 Å². The van der Waals surface area contributed by atoms with Gasteiger partial charge in [-0.1, -0.05) is 12.1 Å². The molecule has 3 aromatic carbocycles. The van der Waals surface area contributed by atoms with E-state index in [4.69, 9.17) is 15.2 Å². The largest absolute Gasteiger partial charge is 0.493 e. The molecule has 0 aliphatic heterocycles. The first-order valence-corrected chi connectivity index (χ1v) is 15.4. The van der Waals surface area contributed by atoms with E-state index in [0.717, 1.165) is 7.11 Å². The molecule has 0 saturated carbocycles. The van der Waals surface area contributed by atoms with Gasteiger partial charge in [-0.2, -0.15) is 0 Å². The number of hydrogen-bond acceptors (Lipinski definition) is 10. The van der Waals surface area contributed by atoms with Crippen molar-refractivity contribution in [2.75, 3.05) is 32.0 Å². The lowest BCUT2D eigenvalue weighted by Crippen LogP contribution is -2.38. The van der Waals surface area contributed by atoms with Gasteiger partial charge in [-0.25, -0.2) is 13.2 Å². The molecule has 246 valence electrons. The van der Waals surface area contributed by atoms with Gasteiger partial charge in [0.05, 0.1) is 43.9 Å². The van der Waals surface area contributed by atoms with E-state index < -0.39 is 57.5 Å². The van der Waals surface area contributed by atoms with E-state index in [1.54, 1.807) is 24.3 Å². The predicted octanol–water partition coefficient (Wildman–Crippen LogP) is 3.65. The standard InChI is InChI=1S/C31H36N4O10S/c1-17(2)46(41,42)26-12-10-21(34-31(40)45-5)15-22(26)23(16-27(36)37)35-30(39)28(18-9-11-24(43-3)25(14-18)44-4)33-20-8-6-7-19(13-20)29(32)38/h6-15,17,23,28,33H,16H2,1-5H3,(H2,32,38)(H,34,40)(H,35,39)(H,36,37)/t23-,28-/m1/s1. The molecule has 6 N–H and O–H groups in total. The van der Waals surface area contributed by atoms with Crippen LogP contribution in [-0.4, -0.2) is 64.0 Å². The number of rotatable bonds is 14. The molecule has 15 heteroatoms. The fourth-order valence-electron chi connectivity index (χ4n) is 4.51. The van der Waals surface area contributed by atoms with Gasteiger partial charge in [-0.05, 0) is 73.5 Å². The number of carbonyl (C=O) groups excluding carboxylic acids is 3. The number of primary amides is 1. The van der Waals surface area contributed by atoms with E-state index in [1.165, 1.54) is 64.5 Å². The maximum atomic E-state index is 14.1. The highest BCUT2D eigenvalue weighted by molar-refractivity contribution is 7.92. The summed E-state index contributed by atoms with van der Waals surface area (Å²) < 4.78 is 42.1. The molecule has 0 aliphatic rings. The Kier molecular flexibility index (Phi) is 11.6. The Hall–Kier alpha value is -5.31. The van der Waals surface area contributed by atoms with Crippen LogP contribution in [0, 0.1) is 0 Å². The second-order valence-corrected chi connectivity index (χ2v) is 12.7. The monoisotopic (exact) mass is 656 g/mol. The molecule has 14 nitrogen and oxygen atoms in total. The summed E-state index contributed by atoms with van der Waals surface area (Å²) in [5.41, 5.74) is 6.32. The van der Waals surface area contributed by atoms with Crippen LogP contribution in [0.2, 0.25) is 0 Å². The van der Waals surface area contributed by atoms with Crippen molar-refractivity contribution < 1.29 is 46.9 Å². The van der Waals surface area contributed by atoms with E-state index in [2.05, 4.69) is 20.7 Å². The lowest BCUT2D eigenvalue weighted by atomic mass is 10.00. The molecule has 3 rings (SSSR count). The third kappa shape index (κ3) is 8.44. The Labute approximate surface area is 266 Å². The first-order chi connectivity index (χ1) is 21.7. The summed E-state index contributed by atoms with van der Waals surface area (Å²) in [6, 6.07) is 12.0. The van der Waals surface area contributed by atoms with Crippen LogP contribution in [0.15, 0.2) is 65.6 Å². The Morgan fingerprint density at radius 3 is 2.17 bits per heavy atom. The molecule has 0 fully saturated rings. The minimum absolute atomic E-state index is 0.0693. The van der Waals surface area contributed by atoms with Crippen LogP contribution < -0.4 is 31.2 Å². The maximum Gasteiger partial charge on any atom is 0.411 e.